The monoisotopic (exact) mass is 187 g/mol. The van der Waals surface area contributed by atoms with Crippen molar-refractivity contribution in [3.8, 4) is 0 Å². The van der Waals surface area contributed by atoms with Gasteiger partial charge in [0.1, 0.15) is 0 Å². The number of aldehydes is 1. The van der Waals surface area contributed by atoms with Crippen molar-refractivity contribution in [3.63, 3.8) is 0 Å². The number of aromatic nitrogens is 1. The number of H-pyrrole nitrogens is 1. The van der Waals surface area contributed by atoms with E-state index in [9.17, 15) is 18.4 Å². The van der Waals surface area contributed by atoms with Crippen molar-refractivity contribution in [3.05, 3.63) is 33.2 Å². The van der Waals surface area contributed by atoms with E-state index in [1.807, 2.05) is 0 Å². The summed E-state index contributed by atoms with van der Waals surface area (Å²) in [5.41, 5.74) is -1.55. The Morgan fingerprint density at radius 3 is 2.54 bits per heavy atom. The number of alkyl halides is 2. The van der Waals surface area contributed by atoms with Gasteiger partial charge in [0, 0.05) is 11.8 Å². The van der Waals surface area contributed by atoms with Crippen LogP contribution >= 0.6 is 0 Å². The molecule has 1 heterocycles. The van der Waals surface area contributed by atoms with Gasteiger partial charge in [-0.2, -0.15) is 0 Å². The second-order valence-electron chi connectivity index (χ2n) is 2.55. The van der Waals surface area contributed by atoms with E-state index < -0.39 is 23.1 Å². The van der Waals surface area contributed by atoms with E-state index in [4.69, 9.17) is 0 Å². The molecule has 0 amide bonds. The van der Waals surface area contributed by atoms with E-state index in [2.05, 4.69) is 4.98 Å². The second-order valence-corrected chi connectivity index (χ2v) is 2.55. The molecule has 1 N–H and O–H groups in total. The third kappa shape index (κ3) is 1.63. The quantitative estimate of drug-likeness (QED) is 0.712. The normalized spacial score (nSPS) is 10.5. The minimum absolute atomic E-state index is 0.146. The molecule has 1 aromatic heterocycles. The van der Waals surface area contributed by atoms with E-state index in [1.165, 1.54) is 6.92 Å². The largest absolute Gasteiger partial charge is 0.328 e. The Kier molecular flexibility index (Phi) is 2.55. The molecule has 13 heavy (non-hydrogen) atoms. The fourth-order valence-corrected chi connectivity index (χ4v) is 1.07. The lowest BCUT2D eigenvalue weighted by molar-refractivity contribution is 0.110. The van der Waals surface area contributed by atoms with Crippen LogP contribution < -0.4 is 5.56 Å². The Bertz CT molecular complexity index is 384. The van der Waals surface area contributed by atoms with Gasteiger partial charge >= 0.3 is 0 Å². The number of hydrogen-bond donors (Lipinski definition) is 1. The summed E-state index contributed by atoms with van der Waals surface area (Å²) < 4.78 is 24.7. The number of pyridine rings is 1. The molecule has 0 saturated carbocycles. The van der Waals surface area contributed by atoms with Gasteiger partial charge in [-0.25, -0.2) is 8.78 Å². The molecule has 70 valence electrons. The van der Waals surface area contributed by atoms with Gasteiger partial charge in [-0.05, 0) is 12.5 Å². The highest BCUT2D eigenvalue weighted by molar-refractivity contribution is 5.77. The van der Waals surface area contributed by atoms with Gasteiger partial charge in [-0.1, -0.05) is 0 Å². The molecule has 0 bridgehead atoms. The molecular weight excluding hydrogens is 180 g/mol. The molecule has 1 aromatic rings. The van der Waals surface area contributed by atoms with Crippen LogP contribution in [0.15, 0.2) is 11.0 Å². The van der Waals surface area contributed by atoms with Crippen LogP contribution in [0.25, 0.3) is 0 Å². The zero-order valence-electron chi connectivity index (χ0n) is 6.80. The zero-order chi connectivity index (χ0) is 10.0. The molecule has 0 saturated heterocycles. The van der Waals surface area contributed by atoms with Gasteiger partial charge in [0.05, 0.1) is 5.56 Å². The number of aromatic amines is 1. The molecule has 0 aromatic carbocycles. The fraction of sp³-hybridized carbons (Fsp3) is 0.250. The molecule has 0 spiro atoms. The maximum absolute atomic E-state index is 12.3. The van der Waals surface area contributed by atoms with E-state index in [1.54, 1.807) is 0 Å². The van der Waals surface area contributed by atoms with Gasteiger partial charge in [-0.15, -0.1) is 0 Å². The molecule has 0 atom stereocenters. The van der Waals surface area contributed by atoms with Gasteiger partial charge < -0.3 is 4.98 Å². The molecule has 0 aliphatic carbocycles. The van der Waals surface area contributed by atoms with Crippen LogP contribution in [0.1, 0.15) is 27.9 Å². The Morgan fingerprint density at radius 2 is 2.15 bits per heavy atom. The molecular formula is C8H7F2NO2. The molecule has 1 rings (SSSR count). The van der Waals surface area contributed by atoms with E-state index in [0.29, 0.717) is 0 Å². The molecule has 0 aliphatic heterocycles. The summed E-state index contributed by atoms with van der Waals surface area (Å²) in [7, 11) is 0. The fourth-order valence-electron chi connectivity index (χ4n) is 1.07. The van der Waals surface area contributed by atoms with Gasteiger partial charge in [0.2, 0.25) is 0 Å². The Balaban J connectivity index is 3.53. The van der Waals surface area contributed by atoms with Crippen molar-refractivity contribution in [2.24, 2.45) is 0 Å². The van der Waals surface area contributed by atoms with E-state index >= 15 is 0 Å². The number of rotatable bonds is 2. The zero-order valence-corrected chi connectivity index (χ0v) is 6.80. The first-order valence-electron chi connectivity index (χ1n) is 3.53. The summed E-state index contributed by atoms with van der Waals surface area (Å²) >= 11 is 0. The predicted molar refractivity (Wildman–Crippen MR) is 42.1 cm³/mol. The van der Waals surface area contributed by atoms with Crippen molar-refractivity contribution < 1.29 is 13.6 Å². The summed E-state index contributed by atoms with van der Waals surface area (Å²) in [6.07, 6.45) is -1.49. The number of aryl methyl sites for hydroxylation is 1. The number of nitrogens with one attached hydrogen (secondary N) is 1. The van der Waals surface area contributed by atoms with Crippen LogP contribution in [-0.4, -0.2) is 11.3 Å². The highest BCUT2D eigenvalue weighted by atomic mass is 19.3. The first-order valence-corrected chi connectivity index (χ1v) is 3.53. The van der Waals surface area contributed by atoms with E-state index in [0.717, 1.165) is 6.20 Å². The number of carbonyl (C=O) groups excluding carboxylic acids is 1. The van der Waals surface area contributed by atoms with Crippen LogP contribution in [-0.2, 0) is 0 Å². The lowest BCUT2D eigenvalue weighted by Gasteiger charge is -2.05. The number of hydrogen-bond acceptors (Lipinski definition) is 2. The van der Waals surface area contributed by atoms with Crippen LogP contribution in [0, 0.1) is 6.92 Å². The smallest absolute Gasteiger partial charge is 0.265 e. The maximum Gasteiger partial charge on any atom is 0.265 e. The van der Waals surface area contributed by atoms with Crippen LogP contribution in [0.5, 0.6) is 0 Å². The Morgan fingerprint density at radius 1 is 1.54 bits per heavy atom. The van der Waals surface area contributed by atoms with Crippen LogP contribution in [0.4, 0.5) is 8.78 Å². The predicted octanol–water partition coefficient (Wildman–Crippen LogP) is 1.43. The van der Waals surface area contributed by atoms with Crippen LogP contribution in [0.2, 0.25) is 0 Å². The van der Waals surface area contributed by atoms with Crippen molar-refractivity contribution in [1.29, 1.82) is 0 Å². The molecule has 0 radical (unpaired) electrons. The Labute approximate surface area is 72.4 Å². The third-order valence-electron chi connectivity index (χ3n) is 1.72. The molecule has 0 fully saturated rings. The first kappa shape index (κ1) is 9.57. The first-order chi connectivity index (χ1) is 6.07. The van der Waals surface area contributed by atoms with Crippen LogP contribution in [0.3, 0.4) is 0 Å². The number of carbonyl (C=O) groups is 1. The summed E-state index contributed by atoms with van der Waals surface area (Å²) in [5.74, 6) is 0. The van der Waals surface area contributed by atoms with Gasteiger partial charge in [0.15, 0.2) is 6.29 Å². The summed E-state index contributed by atoms with van der Waals surface area (Å²) in [5, 5.41) is 0. The highest BCUT2D eigenvalue weighted by Gasteiger charge is 2.17. The lowest BCUT2D eigenvalue weighted by atomic mass is 10.1. The van der Waals surface area contributed by atoms with Crippen molar-refractivity contribution in [2.45, 2.75) is 13.3 Å². The highest BCUT2D eigenvalue weighted by Crippen LogP contribution is 2.22. The second kappa shape index (κ2) is 3.47. The minimum atomic E-state index is -2.80. The summed E-state index contributed by atoms with van der Waals surface area (Å²) in [6.45, 7) is 1.41. The number of halogens is 2. The summed E-state index contributed by atoms with van der Waals surface area (Å²) in [6, 6.07) is 0. The molecule has 0 aliphatic rings. The van der Waals surface area contributed by atoms with E-state index in [-0.39, 0.29) is 11.8 Å². The molecule has 3 nitrogen and oxygen atoms in total. The van der Waals surface area contributed by atoms with Gasteiger partial charge in [0.25, 0.3) is 12.0 Å². The van der Waals surface area contributed by atoms with Gasteiger partial charge in [-0.3, -0.25) is 9.59 Å². The lowest BCUT2D eigenvalue weighted by Crippen LogP contribution is -2.16. The van der Waals surface area contributed by atoms with Crippen molar-refractivity contribution >= 4 is 6.29 Å². The molecule has 5 heteroatoms. The SMILES string of the molecule is Cc1c[nH]c(=O)c(C=O)c1C(F)F. The van der Waals surface area contributed by atoms with Crippen molar-refractivity contribution in [2.75, 3.05) is 0 Å². The van der Waals surface area contributed by atoms with Crippen molar-refractivity contribution in [1.82, 2.24) is 4.98 Å². The minimum Gasteiger partial charge on any atom is -0.328 e. The average Bonchev–Trinajstić information content (AvgIpc) is 2.07. The standard InChI is InChI=1S/C8H7F2NO2/c1-4-2-11-8(13)5(3-12)6(4)7(9)10/h2-3,7H,1H3,(H,11,13). The third-order valence-corrected chi connectivity index (χ3v) is 1.72. The average molecular weight is 187 g/mol. The Hall–Kier alpha value is -1.52. The topological polar surface area (TPSA) is 49.9 Å². The maximum atomic E-state index is 12.3. The molecule has 0 unspecified atom stereocenters. The summed E-state index contributed by atoms with van der Waals surface area (Å²) in [4.78, 5) is 23.5.